The predicted molar refractivity (Wildman–Crippen MR) is 141 cm³/mol. The van der Waals surface area contributed by atoms with Crippen LogP contribution in [0.3, 0.4) is 0 Å². The van der Waals surface area contributed by atoms with Gasteiger partial charge in [0.1, 0.15) is 11.8 Å². The molecule has 2 aromatic carbocycles. The lowest BCUT2D eigenvalue weighted by Gasteiger charge is -2.29. The average molecular weight is 531 g/mol. The number of carbonyl (C=O) groups is 4. The largest absolute Gasteiger partial charge is 0.511 e. The van der Waals surface area contributed by atoms with E-state index in [2.05, 4.69) is 15.3 Å². The third-order valence-electron chi connectivity index (χ3n) is 7.48. The molecule has 3 amide bonds. The molecular weight excluding hydrogens is 508 g/mol. The average Bonchev–Trinajstić information content (AvgIpc) is 3.47. The van der Waals surface area contributed by atoms with E-state index in [1.807, 2.05) is 24.4 Å². The minimum atomic E-state index is -0.731. The monoisotopic (exact) mass is 530 g/mol. The lowest BCUT2D eigenvalue weighted by molar-refractivity contribution is -0.137. The Balaban J connectivity index is 1.24. The number of aliphatic imine (C=N–C) groups is 1. The minimum Gasteiger partial charge on any atom is -0.511 e. The second-order valence-corrected chi connectivity index (χ2v) is 10.2. The van der Waals surface area contributed by atoms with Gasteiger partial charge in [0.2, 0.25) is 11.8 Å². The first-order valence-corrected chi connectivity index (χ1v) is 12.7. The van der Waals surface area contributed by atoms with Crippen molar-refractivity contribution in [3.05, 3.63) is 75.6 Å². The number of piperidine rings is 1. The molecule has 2 aliphatic heterocycles. The van der Waals surface area contributed by atoms with Gasteiger partial charge in [-0.1, -0.05) is 17.7 Å². The molecule has 0 radical (unpaired) electrons. The Labute approximate surface area is 222 Å². The summed E-state index contributed by atoms with van der Waals surface area (Å²) in [6, 6.07) is 10.0. The number of nitrogens with one attached hydrogen (secondary N) is 2. The number of benzene rings is 2. The van der Waals surface area contributed by atoms with Crippen molar-refractivity contribution in [1.82, 2.24) is 15.2 Å². The molecule has 38 heavy (non-hydrogen) atoms. The van der Waals surface area contributed by atoms with E-state index in [9.17, 15) is 24.3 Å². The Kier molecular flexibility index (Phi) is 5.87. The highest BCUT2D eigenvalue weighted by atomic mass is 35.5. The molecular formula is C28H23ClN4O5. The van der Waals surface area contributed by atoms with Gasteiger partial charge in [-0.05, 0) is 48.2 Å². The van der Waals surface area contributed by atoms with E-state index in [1.165, 1.54) is 11.1 Å². The van der Waals surface area contributed by atoms with E-state index < -0.39 is 11.9 Å². The molecule has 3 aromatic rings. The number of aromatic amines is 1. The second kappa shape index (κ2) is 9.25. The Morgan fingerprint density at radius 1 is 1.11 bits per heavy atom. The van der Waals surface area contributed by atoms with Crippen LogP contribution in [0.25, 0.3) is 10.9 Å². The number of halogens is 1. The van der Waals surface area contributed by atoms with E-state index >= 15 is 0 Å². The molecule has 10 heteroatoms. The predicted octanol–water partition coefficient (Wildman–Crippen LogP) is 4.24. The highest BCUT2D eigenvalue weighted by Crippen LogP contribution is 2.39. The van der Waals surface area contributed by atoms with E-state index in [4.69, 9.17) is 11.6 Å². The van der Waals surface area contributed by atoms with Crippen molar-refractivity contribution in [3.8, 4) is 0 Å². The molecule has 3 N–H and O–H groups in total. The van der Waals surface area contributed by atoms with Gasteiger partial charge < -0.3 is 15.0 Å². The number of ketones is 1. The zero-order valence-corrected chi connectivity index (χ0v) is 20.9. The Morgan fingerprint density at radius 3 is 2.74 bits per heavy atom. The van der Waals surface area contributed by atoms with Crippen LogP contribution in [0.5, 0.6) is 0 Å². The standard InChI is InChI=1S/C28H23ClN4O5/c29-20-8-14-6-7-30-22(14)11-17(20)15-9-24(34)18(25(35)10-15)12-31-21-3-1-2-16-19(21)13-33(28(16)38)23-4-5-26(36)32-27(23)37/h1-3,6-8,11-12,15,23,30,34H,4-5,9-10,13H2,(H,32,36,37). The van der Waals surface area contributed by atoms with Crippen molar-refractivity contribution in [2.24, 2.45) is 4.99 Å². The lowest BCUT2D eigenvalue weighted by atomic mass is 9.82. The maximum absolute atomic E-state index is 13.0. The van der Waals surface area contributed by atoms with Crippen molar-refractivity contribution in [2.45, 2.75) is 44.2 Å². The van der Waals surface area contributed by atoms with Gasteiger partial charge in [0.15, 0.2) is 5.78 Å². The summed E-state index contributed by atoms with van der Waals surface area (Å²) in [4.78, 5) is 59.0. The van der Waals surface area contributed by atoms with Crippen LogP contribution < -0.4 is 5.32 Å². The number of Topliss-reactive ketones (excluding diaryl/α,β-unsaturated/α-hetero) is 1. The Morgan fingerprint density at radius 2 is 1.95 bits per heavy atom. The van der Waals surface area contributed by atoms with E-state index in [0.29, 0.717) is 21.8 Å². The number of amides is 3. The number of hydrogen-bond acceptors (Lipinski definition) is 6. The van der Waals surface area contributed by atoms with Crippen LogP contribution in [-0.2, 0) is 20.9 Å². The fraction of sp³-hybridized carbons (Fsp3) is 0.250. The van der Waals surface area contributed by atoms with Crippen molar-refractivity contribution in [1.29, 1.82) is 0 Å². The number of carbonyl (C=O) groups excluding carboxylic acids is 4. The van der Waals surface area contributed by atoms with Crippen LogP contribution in [0.2, 0.25) is 5.02 Å². The minimum absolute atomic E-state index is 0.0635. The molecule has 1 fully saturated rings. The summed E-state index contributed by atoms with van der Waals surface area (Å²) in [5.74, 6) is -1.72. The number of aromatic nitrogens is 1. The summed E-state index contributed by atoms with van der Waals surface area (Å²) in [7, 11) is 0. The number of aliphatic hydroxyl groups is 1. The Bertz CT molecular complexity index is 1600. The van der Waals surface area contributed by atoms with Crippen LogP contribution in [0.15, 0.2) is 58.9 Å². The molecule has 9 nitrogen and oxygen atoms in total. The molecule has 1 aliphatic carbocycles. The van der Waals surface area contributed by atoms with Gasteiger partial charge in [-0.25, -0.2) is 0 Å². The first kappa shape index (κ1) is 24.1. The quantitative estimate of drug-likeness (QED) is 0.343. The third kappa shape index (κ3) is 4.09. The molecule has 3 aliphatic rings. The summed E-state index contributed by atoms with van der Waals surface area (Å²) in [5.41, 5.74) is 3.36. The number of rotatable bonds is 4. The smallest absolute Gasteiger partial charge is 0.255 e. The van der Waals surface area contributed by atoms with Crippen LogP contribution in [0.1, 0.15) is 53.1 Å². The molecule has 1 saturated heterocycles. The first-order chi connectivity index (χ1) is 18.3. The molecule has 192 valence electrons. The zero-order valence-electron chi connectivity index (χ0n) is 20.2. The zero-order chi connectivity index (χ0) is 26.6. The molecule has 6 rings (SSSR count). The maximum Gasteiger partial charge on any atom is 0.255 e. The fourth-order valence-corrected chi connectivity index (χ4v) is 5.83. The van der Waals surface area contributed by atoms with Crippen molar-refractivity contribution in [3.63, 3.8) is 0 Å². The fourth-order valence-electron chi connectivity index (χ4n) is 5.50. The van der Waals surface area contributed by atoms with E-state index in [1.54, 1.807) is 18.2 Å². The van der Waals surface area contributed by atoms with Gasteiger partial charge >= 0.3 is 0 Å². The van der Waals surface area contributed by atoms with E-state index in [0.717, 1.165) is 16.5 Å². The topological polar surface area (TPSA) is 132 Å². The lowest BCUT2D eigenvalue weighted by Crippen LogP contribution is -2.52. The summed E-state index contributed by atoms with van der Waals surface area (Å²) in [6.45, 7) is 0.161. The van der Waals surface area contributed by atoms with E-state index in [-0.39, 0.29) is 67.1 Å². The van der Waals surface area contributed by atoms with Crippen molar-refractivity contribution < 1.29 is 24.3 Å². The van der Waals surface area contributed by atoms with Gasteiger partial charge in [-0.3, -0.25) is 29.5 Å². The van der Waals surface area contributed by atoms with Crippen molar-refractivity contribution in [2.75, 3.05) is 0 Å². The van der Waals surface area contributed by atoms with Gasteiger partial charge in [0, 0.05) is 65.3 Å². The number of allylic oxidation sites excluding steroid dienone is 2. The summed E-state index contributed by atoms with van der Waals surface area (Å²) in [6.07, 6.45) is 4.02. The summed E-state index contributed by atoms with van der Waals surface area (Å²) in [5, 5.41) is 14.6. The highest BCUT2D eigenvalue weighted by Gasteiger charge is 2.40. The number of fused-ring (bicyclic) bond motifs is 2. The van der Waals surface area contributed by atoms with Crippen LogP contribution in [0, 0.1) is 0 Å². The van der Waals surface area contributed by atoms with Gasteiger partial charge in [-0.15, -0.1) is 0 Å². The molecule has 1 aromatic heterocycles. The van der Waals surface area contributed by atoms with Crippen LogP contribution in [-0.4, -0.2) is 50.8 Å². The first-order valence-electron chi connectivity index (χ1n) is 12.3. The maximum atomic E-state index is 13.0. The third-order valence-corrected chi connectivity index (χ3v) is 7.81. The van der Waals surface area contributed by atoms with Crippen LogP contribution in [0.4, 0.5) is 5.69 Å². The van der Waals surface area contributed by atoms with Crippen molar-refractivity contribution >= 4 is 57.9 Å². The van der Waals surface area contributed by atoms with Gasteiger partial charge in [0.05, 0.1) is 11.3 Å². The molecule has 3 heterocycles. The van der Waals surface area contributed by atoms with Gasteiger partial charge in [0.25, 0.3) is 5.91 Å². The number of imide groups is 1. The summed E-state index contributed by atoms with van der Waals surface area (Å²) < 4.78 is 0. The number of aliphatic hydroxyl groups excluding tert-OH is 1. The molecule has 0 saturated carbocycles. The number of H-pyrrole nitrogens is 1. The van der Waals surface area contributed by atoms with Gasteiger partial charge in [-0.2, -0.15) is 0 Å². The summed E-state index contributed by atoms with van der Waals surface area (Å²) >= 11 is 6.49. The Hall–Kier alpha value is -4.24. The number of hydrogen-bond donors (Lipinski definition) is 3. The number of nitrogens with zero attached hydrogens (tertiary/aromatic N) is 2. The highest BCUT2D eigenvalue weighted by molar-refractivity contribution is 6.32. The normalized spacial score (nSPS) is 22.1. The molecule has 2 atom stereocenters. The van der Waals surface area contributed by atoms with Crippen LogP contribution >= 0.6 is 11.6 Å². The SMILES string of the molecule is O=C1CCC(N2Cc3c(N=CC4=C(O)CC(c5cc6[nH]ccc6cc5Cl)CC4=O)cccc3C2=O)C(=O)N1. The molecule has 2 unspecified atom stereocenters. The molecule has 0 spiro atoms. The second-order valence-electron chi connectivity index (χ2n) is 9.79. The molecule has 0 bridgehead atoms.